The fourth-order valence-corrected chi connectivity index (χ4v) is 6.15. The number of hydrogen-bond donors (Lipinski definition) is 2. The van der Waals surface area contributed by atoms with Crippen molar-refractivity contribution in [3.63, 3.8) is 0 Å². The summed E-state index contributed by atoms with van der Waals surface area (Å²) >= 11 is 6.13. The Morgan fingerprint density at radius 1 is 1.26 bits per heavy atom. The lowest BCUT2D eigenvalue weighted by Gasteiger charge is -2.25. The minimum Gasteiger partial charge on any atom is -0.588 e. The van der Waals surface area contributed by atoms with E-state index in [0.717, 1.165) is 6.42 Å². The van der Waals surface area contributed by atoms with E-state index in [1.165, 1.54) is 28.8 Å². The number of aromatic nitrogens is 2. The van der Waals surface area contributed by atoms with Crippen LogP contribution in [0.25, 0.3) is 10.9 Å². The molecule has 11 nitrogen and oxygen atoms in total. The molecule has 3 atom stereocenters. The van der Waals surface area contributed by atoms with Crippen molar-refractivity contribution in [3.05, 3.63) is 57.6 Å². The van der Waals surface area contributed by atoms with Crippen molar-refractivity contribution in [1.82, 2.24) is 14.9 Å². The number of ether oxygens (including phenoxy) is 2. The molecule has 2 amide bonds. The van der Waals surface area contributed by atoms with Crippen LogP contribution in [0.3, 0.4) is 0 Å². The molecule has 3 unspecified atom stereocenters. The molecular formula is C25H25ClN4O7S. The fourth-order valence-electron chi connectivity index (χ4n) is 4.67. The predicted molar refractivity (Wildman–Crippen MR) is 139 cm³/mol. The van der Waals surface area contributed by atoms with Crippen LogP contribution in [0.2, 0.25) is 5.02 Å². The molecule has 38 heavy (non-hydrogen) atoms. The summed E-state index contributed by atoms with van der Waals surface area (Å²) in [6, 6.07) is 7.93. The Hall–Kier alpha value is -3.32. The number of rotatable bonds is 7. The van der Waals surface area contributed by atoms with E-state index >= 15 is 0 Å². The lowest BCUT2D eigenvalue weighted by molar-refractivity contribution is -0.135. The van der Waals surface area contributed by atoms with Gasteiger partial charge in [-0.3, -0.25) is 24.3 Å². The van der Waals surface area contributed by atoms with E-state index in [9.17, 15) is 23.1 Å². The molecule has 0 radical (unpaired) electrons. The van der Waals surface area contributed by atoms with Gasteiger partial charge in [0.25, 0.3) is 5.56 Å². The summed E-state index contributed by atoms with van der Waals surface area (Å²) in [4.78, 5) is 42.0. The van der Waals surface area contributed by atoms with E-state index in [2.05, 4.69) is 15.0 Å². The molecule has 0 bridgehead atoms. The quantitative estimate of drug-likeness (QED) is 0.330. The standard InChI is InChI=1S/C25H25ClN4O7S/c1-14-27-17-3-2-4-18(23(17)25(33)30(14)19-6-8-22(31)28-24(19)32)29-38(34,35)21-11-16(26)5-7-20(21)37-13-15-9-10-36-12-15/h2-5,7,11,15,19H,6,8-10,12-13H2,1H3,(H2-,28,29,31,32,33,34,35). The maximum atomic E-state index is 13.7. The van der Waals surface area contributed by atoms with Crippen LogP contribution in [0.1, 0.15) is 31.1 Å². The number of benzene rings is 2. The van der Waals surface area contributed by atoms with Crippen LogP contribution in [0.5, 0.6) is 5.75 Å². The summed E-state index contributed by atoms with van der Waals surface area (Å²) in [5, 5.41) is 2.41. The molecule has 2 aliphatic heterocycles. The molecule has 2 N–H and O–H groups in total. The normalized spacial score (nSPS) is 21.2. The number of piperidine rings is 1. The van der Waals surface area contributed by atoms with Crippen LogP contribution < -0.4 is 20.3 Å². The van der Waals surface area contributed by atoms with Crippen molar-refractivity contribution < 1.29 is 27.8 Å². The highest BCUT2D eigenvalue weighted by Gasteiger charge is 2.32. The third-order valence-corrected chi connectivity index (χ3v) is 8.19. The molecule has 1 aromatic heterocycles. The second-order valence-electron chi connectivity index (χ2n) is 9.24. The number of carbonyl (C=O) groups excluding carboxylic acids is 2. The van der Waals surface area contributed by atoms with Crippen molar-refractivity contribution in [2.45, 2.75) is 37.1 Å². The first kappa shape index (κ1) is 26.3. The third kappa shape index (κ3) is 5.17. The van der Waals surface area contributed by atoms with Crippen LogP contribution in [0.15, 0.2) is 46.1 Å². The summed E-state index contributed by atoms with van der Waals surface area (Å²) in [5.41, 5.74) is -0.375. The van der Waals surface area contributed by atoms with Gasteiger partial charge in [0.2, 0.25) is 16.7 Å². The van der Waals surface area contributed by atoms with Crippen molar-refractivity contribution in [2.24, 2.45) is 5.92 Å². The Morgan fingerprint density at radius 2 is 2.08 bits per heavy atom. The average Bonchev–Trinajstić information content (AvgIpc) is 3.38. The number of aryl methyl sites for hydroxylation is 1. The molecule has 3 heterocycles. The van der Waals surface area contributed by atoms with Crippen LogP contribution in [-0.4, -0.2) is 45.7 Å². The molecule has 200 valence electrons. The molecule has 5 rings (SSSR count). The second-order valence-corrected chi connectivity index (χ2v) is 11.3. The molecule has 2 saturated heterocycles. The van der Waals surface area contributed by atoms with Gasteiger partial charge in [-0.05, 0) is 44.0 Å². The lowest BCUT2D eigenvalue weighted by atomic mass is 10.1. The number of halogens is 1. The molecule has 13 heteroatoms. The van der Waals surface area contributed by atoms with E-state index < -0.39 is 33.8 Å². The monoisotopic (exact) mass is 560 g/mol. The van der Waals surface area contributed by atoms with Crippen LogP contribution in [-0.2, 0) is 28.9 Å². The summed E-state index contributed by atoms with van der Waals surface area (Å²) in [6.45, 7) is 3.02. The number of sulfonamides is 1. The van der Waals surface area contributed by atoms with E-state index in [-0.39, 0.29) is 63.4 Å². The van der Waals surface area contributed by atoms with E-state index in [4.69, 9.17) is 21.1 Å². The van der Waals surface area contributed by atoms with Gasteiger partial charge in [-0.1, -0.05) is 21.9 Å². The van der Waals surface area contributed by atoms with Crippen LogP contribution in [0, 0.1) is 12.8 Å². The van der Waals surface area contributed by atoms with Gasteiger partial charge in [0.05, 0.1) is 29.8 Å². The summed E-state index contributed by atoms with van der Waals surface area (Å²) < 4.78 is 42.0. The number of hydrogen-bond acceptors (Lipinski definition) is 8. The highest BCUT2D eigenvalue weighted by molar-refractivity contribution is 7.99. The minimum absolute atomic E-state index is 0.0148. The zero-order valence-corrected chi connectivity index (χ0v) is 22.0. The summed E-state index contributed by atoms with van der Waals surface area (Å²) in [6.07, 6.45) is 1.01. The summed E-state index contributed by atoms with van der Waals surface area (Å²) in [7, 11) is -4.28. The maximum absolute atomic E-state index is 13.7. The number of fused-ring (bicyclic) bond motifs is 1. The van der Waals surface area contributed by atoms with Gasteiger partial charge < -0.3 is 14.0 Å². The number of imide groups is 1. The molecular weight excluding hydrogens is 536 g/mol. The maximum Gasteiger partial charge on any atom is 0.264 e. The molecule has 2 fully saturated rings. The van der Waals surface area contributed by atoms with Crippen molar-refractivity contribution in [2.75, 3.05) is 24.5 Å². The first-order valence-electron chi connectivity index (χ1n) is 12.0. The lowest BCUT2D eigenvalue weighted by Crippen LogP contribution is -2.45. The SMILES string of the molecule is Cc1nc2cccc(N[S+](=O)([O-])c3cc(Cl)ccc3OCC3CCOC3)c2c(=O)n1C1CCC(=O)NC1=O. The van der Waals surface area contributed by atoms with Gasteiger partial charge >= 0.3 is 0 Å². The predicted octanol–water partition coefficient (Wildman–Crippen LogP) is 2.77. The number of nitrogens with zero attached hydrogens (tertiary/aromatic N) is 2. The Morgan fingerprint density at radius 3 is 2.82 bits per heavy atom. The van der Waals surface area contributed by atoms with Crippen molar-refractivity contribution in [3.8, 4) is 5.75 Å². The molecule has 2 aliphatic rings. The van der Waals surface area contributed by atoms with Crippen molar-refractivity contribution in [1.29, 1.82) is 0 Å². The molecule has 0 saturated carbocycles. The van der Waals surface area contributed by atoms with Crippen LogP contribution >= 0.6 is 11.6 Å². The topological polar surface area (TPSA) is 152 Å². The van der Waals surface area contributed by atoms with E-state index in [1.54, 1.807) is 19.1 Å². The smallest absolute Gasteiger partial charge is 0.264 e. The highest BCUT2D eigenvalue weighted by atomic mass is 35.5. The van der Waals surface area contributed by atoms with Gasteiger partial charge in [0.15, 0.2) is 16.1 Å². The fraction of sp³-hybridized carbons (Fsp3) is 0.360. The average molecular weight is 561 g/mol. The molecule has 3 aromatic rings. The minimum atomic E-state index is -4.28. The van der Waals surface area contributed by atoms with Gasteiger partial charge in [-0.2, -0.15) is 0 Å². The molecule has 0 aliphatic carbocycles. The first-order chi connectivity index (χ1) is 18.1. The zero-order valence-electron chi connectivity index (χ0n) is 20.4. The van der Waals surface area contributed by atoms with Crippen molar-refractivity contribution >= 4 is 50.4 Å². The van der Waals surface area contributed by atoms with Gasteiger partial charge in [-0.15, -0.1) is 0 Å². The Bertz CT molecular complexity index is 1540. The Labute approximate surface area is 223 Å². The number of carbonyl (C=O) groups is 2. The Kier molecular flexibility index (Phi) is 7.23. The number of nitrogens with one attached hydrogen (secondary N) is 2. The zero-order chi connectivity index (χ0) is 27.0. The van der Waals surface area contributed by atoms with Gasteiger partial charge in [0, 0.05) is 30.0 Å². The molecule has 2 aromatic carbocycles. The third-order valence-electron chi connectivity index (χ3n) is 6.57. The van der Waals surface area contributed by atoms with E-state index in [0.29, 0.717) is 13.2 Å². The Balaban J connectivity index is 1.53. The largest absolute Gasteiger partial charge is 0.588 e. The van der Waals surface area contributed by atoms with Gasteiger partial charge in [-0.25, -0.2) is 9.71 Å². The van der Waals surface area contributed by atoms with Gasteiger partial charge in [0.1, 0.15) is 11.9 Å². The first-order valence-corrected chi connectivity index (χ1v) is 13.9. The second kappa shape index (κ2) is 10.4. The number of amides is 2. The van der Waals surface area contributed by atoms with E-state index in [1.807, 2.05) is 0 Å². The molecule has 0 spiro atoms. The van der Waals surface area contributed by atoms with Crippen LogP contribution in [0.4, 0.5) is 5.69 Å². The summed E-state index contributed by atoms with van der Waals surface area (Å²) in [5.74, 6) is -0.507. The highest BCUT2D eigenvalue weighted by Crippen LogP contribution is 2.34. The number of anilines is 1.